The van der Waals surface area contributed by atoms with E-state index < -0.39 is 0 Å². The summed E-state index contributed by atoms with van der Waals surface area (Å²) in [5.74, 6) is 0.659. The fraction of sp³-hybridized carbons (Fsp3) is 0.400. The fourth-order valence-electron chi connectivity index (χ4n) is 1.34. The summed E-state index contributed by atoms with van der Waals surface area (Å²) in [6.07, 6.45) is 2.50. The third-order valence-corrected chi connectivity index (χ3v) is 3.17. The van der Waals surface area contributed by atoms with Crippen LogP contribution in [0.4, 0.5) is 0 Å². The second kappa shape index (κ2) is 3.27. The molecule has 0 spiro atoms. The molecule has 0 aromatic heterocycles. The number of hydrogen-bond acceptors (Lipinski definition) is 0. The van der Waals surface area contributed by atoms with Crippen molar-refractivity contribution < 1.29 is 0 Å². The molecule has 12 heavy (non-hydrogen) atoms. The van der Waals surface area contributed by atoms with Crippen molar-refractivity contribution in [1.29, 1.82) is 0 Å². The highest BCUT2D eigenvalue weighted by Crippen LogP contribution is 2.46. The summed E-state index contributed by atoms with van der Waals surface area (Å²) in [4.78, 5) is 0. The first-order valence-corrected chi connectivity index (χ1v) is 4.99. The molecule has 2 rings (SSSR count). The standard InChI is InChI=1S/C10H10Cl2/c11-9-4-2-1-3-8(9)10(12)7-5-6-7/h1-4,7,10H,5-6H2. The van der Waals surface area contributed by atoms with Crippen molar-refractivity contribution in [3.63, 3.8) is 0 Å². The van der Waals surface area contributed by atoms with Gasteiger partial charge in [-0.3, -0.25) is 0 Å². The molecule has 0 radical (unpaired) electrons. The molecule has 64 valence electrons. The van der Waals surface area contributed by atoms with Crippen LogP contribution in [0, 0.1) is 5.92 Å². The Labute approximate surface area is 82.5 Å². The van der Waals surface area contributed by atoms with Gasteiger partial charge in [-0.1, -0.05) is 29.8 Å². The summed E-state index contributed by atoms with van der Waals surface area (Å²) in [5, 5.41) is 0.920. The molecule has 0 amide bonds. The van der Waals surface area contributed by atoms with Gasteiger partial charge in [-0.05, 0) is 30.4 Å². The maximum Gasteiger partial charge on any atom is 0.0628 e. The molecule has 0 saturated heterocycles. The summed E-state index contributed by atoms with van der Waals surface area (Å²) in [6, 6.07) is 7.83. The zero-order chi connectivity index (χ0) is 8.55. The molecular weight excluding hydrogens is 191 g/mol. The van der Waals surface area contributed by atoms with E-state index in [1.54, 1.807) is 0 Å². The van der Waals surface area contributed by atoms with Gasteiger partial charge in [0.1, 0.15) is 0 Å². The van der Waals surface area contributed by atoms with Gasteiger partial charge in [-0.15, -0.1) is 11.6 Å². The second-order valence-corrected chi connectivity index (χ2v) is 4.14. The van der Waals surface area contributed by atoms with Crippen LogP contribution in [0.3, 0.4) is 0 Å². The number of rotatable bonds is 2. The Morgan fingerprint density at radius 1 is 1.25 bits per heavy atom. The lowest BCUT2D eigenvalue weighted by molar-refractivity contribution is 0.798. The highest BCUT2D eigenvalue weighted by Gasteiger charge is 2.31. The van der Waals surface area contributed by atoms with Crippen molar-refractivity contribution in [1.82, 2.24) is 0 Å². The van der Waals surface area contributed by atoms with Crippen LogP contribution in [0.1, 0.15) is 23.8 Å². The first kappa shape index (κ1) is 8.40. The third kappa shape index (κ3) is 1.60. The van der Waals surface area contributed by atoms with Crippen LogP contribution in [0.2, 0.25) is 5.02 Å². The summed E-state index contributed by atoms with van der Waals surface area (Å²) in [6.45, 7) is 0. The number of halogens is 2. The zero-order valence-corrected chi connectivity index (χ0v) is 8.15. The van der Waals surface area contributed by atoms with E-state index >= 15 is 0 Å². The Hall–Kier alpha value is -0.200. The van der Waals surface area contributed by atoms with Crippen molar-refractivity contribution in [3.05, 3.63) is 34.9 Å². The van der Waals surface area contributed by atoms with Crippen molar-refractivity contribution in [2.75, 3.05) is 0 Å². The normalized spacial score (nSPS) is 19.2. The van der Waals surface area contributed by atoms with Crippen LogP contribution in [-0.2, 0) is 0 Å². The Bertz CT molecular complexity index is 279. The number of alkyl halides is 1. The van der Waals surface area contributed by atoms with Gasteiger partial charge >= 0.3 is 0 Å². The average Bonchev–Trinajstić information content (AvgIpc) is 2.86. The Balaban J connectivity index is 2.25. The molecule has 2 heteroatoms. The van der Waals surface area contributed by atoms with Gasteiger partial charge in [-0.2, -0.15) is 0 Å². The van der Waals surface area contributed by atoms with E-state index in [1.807, 2.05) is 24.3 Å². The van der Waals surface area contributed by atoms with Gasteiger partial charge < -0.3 is 0 Å². The fourth-order valence-corrected chi connectivity index (χ4v) is 2.09. The van der Waals surface area contributed by atoms with Crippen molar-refractivity contribution in [3.8, 4) is 0 Å². The molecule has 1 atom stereocenters. The number of benzene rings is 1. The molecule has 1 aliphatic carbocycles. The van der Waals surface area contributed by atoms with Gasteiger partial charge in [0.25, 0.3) is 0 Å². The molecule has 1 fully saturated rings. The Morgan fingerprint density at radius 2 is 1.92 bits per heavy atom. The van der Waals surface area contributed by atoms with E-state index in [0.717, 1.165) is 10.6 Å². The first-order chi connectivity index (χ1) is 5.79. The van der Waals surface area contributed by atoms with Crippen LogP contribution in [-0.4, -0.2) is 0 Å². The molecule has 1 unspecified atom stereocenters. The topological polar surface area (TPSA) is 0 Å². The molecule has 0 bridgehead atoms. The van der Waals surface area contributed by atoms with Crippen molar-refractivity contribution in [2.24, 2.45) is 5.92 Å². The van der Waals surface area contributed by atoms with Gasteiger partial charge in [0.05, 0.1) is 5.38 Å². The first-order valence-electron chi connectivity index (χ1n) is 4.17. The van der Waals surface area contributed by atoms with Crippen LogP contribution in [0.15, 0.2) is 24.3 Å². The van der Waals surface area contributed by atoms with Crippen LogP contribution < -0.4 is 0 Å². The predicted octanol–water partition coefficient (Wildman–Crippen LogP) is 4.03. The monoisotopic (exact) mass is 200 g/mol. The van der Waals surface area contributed by atoms with Crippen LogP contribution in [0.25, 0.3) is 0 Å². The highest BCUT2D eigenvalue weighted by molar-refractivity contribution is 6.32. The van der Waals surface area contributed by atoms with E-state index in [0.29, 0.717) is 5.92 Å². The second-order valence-electron chi connectivity index (χ2n) is 3.26. The SMILES string of the molecule is Clc1ccccc1C(Cl)C1CC1. The lowest BCUT2D eigenvalue weighted by Gasteiger charge is -2.09. The van der Waals surface area contributed by atoms with Crippen molar-refractivity contribution >= 4 is 23.2 Å². The summed E-state index contributed by atoms with van der Waals surface area (Å²) in [7, 11) is 0. The van der Waals surface area contributed by atoms with E-state index in [-0.39, 0.29) is 5.38 Å². The Morgan fingerprint density at radius 3 is 2.50 bits per heavy atom. The van der Waals surface area contributed by atoms with Gasteiger partial charge in [-0.25, -0.2) is 0 Å². The lowest BCUT2D eigenvalue weighted by atomic mass is 10.1. The zero-order valence-electron chi connectivity index (χ0n) is 6.63. The number of hydrogen-bond donors (Lipinski definition) is 0. The molecule has 0 aliphatic heterocycles. The molecule has 1 saturated carbocycles. The van der Waals surface area contributed by atoms with Gasteiger partial charge in [0.2, 0.25) is 0 Å². The predicted molar refractivity (Wildman–Crippen MR) is 52.8 cm³/mol. The van der Waals surface area contributed by atoms with Gasteiger partial charge in [0, 0.05) is 5.02 Å². The minimum absolute atomic E-state index is 0.124. The highest BCUT2D eigenvalue weighted by atomic mass is 35.5. The van der Waals surface area contributed by atoms with E-state index in [4.69, 9.17) is 23.2 Å². The maximum atomic E-state index is 6.22. The molecule has 0 N–H and O–H groups in total. The third-order valence-electron chi connectivity index (χ3n) is 2.24. The lowest BCUT2D eigenvalue weighted by Crippen LogP contribution is -1.92. The summed E-state index contributed by atoms with van der Waals surface area (Å²) in [5.41, 5.74) is 1.09. The molecule has 1 aromatic rings. The minimum atomic E-state index is 0.124. The van der Waals surface area contributed by atoms with Crippen LogP contribution in [0.5, 0.6) is 0 Å². The smallest absolute Gasteiger partial charge is 0.0628 e. The van der Waals surface area contributed by atoms with Gasteiger partial charge in [0.15, 0.2) is 0 Å². The summed E-state index contributed by atoms with van der Waals surface area (Å²) < 4.78 is 0. The molecule has 0 heterocycles. The van der Waals surface area contributed by atoms with E-state index in [9.17, 15) is 0 Å². The van der Waals surface area contributed by atoms with Crippen molar-refractivity contribution in [2.45, 2.75) is 18.2 Å². The molecule has 1 aromatic carbocycles. The average molecular weight is 201 g/mol. The summed E-state index contributed by atoms with van der Waals surface area (Å²) >= 11 is 12.2. The van der Waals surface area contributed by atoms with E-state index in [2.05, 4.69) is 0 Å². The van der Waals surface area contributed by atoms with E-state index in [1.165, 1.54) is 12.8 Å². The molecular formula is C10H10Cl2. The quantitative estimate of drug-likeness (QED) is 0.633. The molecule has 0 nitrogen and oxygen atoms in total. The Kier molecular flexibility index (Phi) is 2.29. The van der Waals surface area contributed by atoms with Crippen LogP contribution >= 0.6 is 23.2 Å². The largest absolute Gasteiger partial charge is 0.117 e. The minimum Gasteiger partial charge on any atom is -0.117 e. The molecule has 1 aliphatic rings. The maximum absolute atomic E-state index is 6.22.